The Morgan fingerprint density at radius 1 is 1.28 bits per heavy atom. The molecule has 1 heterocycles. The molecule has 0 aromatic heterocycles. The average Bonchev–Trinajstić information content (AvgIpc) is 3.33. The number of hydrogen-bond donors (Lipinski definition) is 3. The van der Waals surface area contributed by atoms with E-state index in [-0.39, 0.29) is 24.4 Å². The van der Waals surface area contributed by atoms with Gasteiger partial charge in [0.1, 0.15) is 11.6 Å². The Balaban J connectivity index is 1.40. The molecule has 3 unspecified atom stereocenters. The maximum Gasteiger partial charge on any atom is 0.217 e. The van der Waals surface area contributed by atoms with Gasteiger partial charge in [-0.15, -0.1) is 0 Å². The molecule has 2 aliphatic carbocycles. The van der Waals surface area contributed by atoms with Crippen LogP contribution in [0.3, 0.4) is 0 Å². The van der Waals surface area contributed by atoms with Crippen LogP contribution in [-0.2, 0) is 16.0 Å². The molecule has 3 atom stereocenters. The molecule has 4 rings (SSSR count). The third-order valence-electron chi connectivity index (χ3n) is 6.78. The van der Waals surface area contributed by atoms with Crippen molar-refractivity contribution in [2.75, 3.05) is 19.8 Å². The predicted molar refractivity (Wildman–Crippen MR) is 118 cm³/mol. The minimum Gasteiger partial charge on any atom is -0.390 e. The molecule has 174 valence electrons. The molecule has 1 aliphatic heterocycles. The van der Waals surface area contributed by atoms with Crippen molar-refractivity contribution in [3.8, 4) is 0 Å². The lowest BCUT2D eigenvalue weighted by Crippen LogP contribution is -2.50. The van der Waals surface area contributed by atoms with Crippen LogP contribution in [0, 0.1) is 17.6 Å². The van der Waals surface area contributed by atoms with E-state index < -0.39 is 23.8 Å². The number of hydrogen-bond acceptors (Lipinski definition) is 4. The average molecular weight is 447 g/mol. The van der Waals surface area contributed by atoms with E-state index in [4.69, 9.17) is 4.74 Å². The number of β-amino-alcohol motifs (C(OH)–C–C–N with tert-alkyl or cyclic N) is 1. The number of ether oxygens (including phenoxy) is 1. The first-order valence-electron chi connectivity index (χ1n) is 11.5. The zero-order valence-corrected chi connectivity index (χ0v) is 18.5. The molecule has 7 heteroatoms. The van der Waals surface area contributed by atoms with Gasteiger partial charge >= 0.3 is 0 Å². The van der Waals surface area contributed by atoms with Gasteiger partial charge in [0, 0.05) is 37.6 Å². The van der Waals surface area contributed by atoms with Crippen molar-refractivity contribution in [1.29, 1.82) is 0 Å². The lowest BCUT2D eigenvalue weighted by Gasteiger charge is -2.29. The van der Waals surface area contributed by atoms with Crippen molar-refractivity contribution in [2.45, 2.75) is 63.1 Å². The van der Waals surface area contributed by atoms with Crippen LogP contribution in [-0.4, -0.2) is 48.5 Å². The standard InChI is InChI=1S/C25H32F2N2O3/c1-16(30)29-23(11-17-9-21(26)13-22(27)10-17)24(31)14-28-25(6-7-25)20-4-2-3-18(12-20)19-5-8-32-15-19/h4,9-10,12-13,19,23-24,28,31H,2-3,5-8,11,14-15H2,1H3,(H,29,30). The molecule has 1 saturated carbocycles. The molecule has 1 amide bonds. The fourth-order valence-corrected chi connectivity index (χ4v) is 4.87. The largest absolute Gasteiger partial charge is 0.390 e. The van der Waals surface area contributed by atoms with Crippen LogP contribution >= 0.6 is 0 Å². The highest BCUT2D eigenvalue weighted by molar-refractivity contribution is 5.73. The Kier molecular flexibility index (Phi) is 7.08. The Labute approximate surface area is 187 Å². The normalized spacial score (nSPS) is 23.8. The zero-order valence-electron chi connectivity index (χ0n) is 18.5. The fraction of sp³-hybridized carbons (Fsp3) is 0.560. The van der Waals surface area contributed by atoms with E-state index in [9.17, 15) is 18.7 Å². The van der Waals surface area contributed by atoms with Gasteiger partial charge < -0.3 is 20.5 Å². The maximum atomic E-state index is 13.6. The van der Waals surface area contributed by atoms with Crippen molar-refractivity contribution in [1.82, 2.24) is 10.6 Å². The maximum absolute atomic E-state index is 13.6. The van der Waals surface area contributed by atoms with E-state index in [1.54, 1.807) is 0 Å². The number of nitrogens with one attached hydrogen (secondary N) is 2. The van der Waals surface area contributed by atoms with Crippen LogP contribution < -0.4 is 10.6 Å². The van der Waals surface area contributed by atoms with Crippen LogP contribution in [0.2, 0.25) is 0 Å². The molecular formula is C25H32F2N2O3. The van der Waals surface area contributed by atoms with E-state index in [2.05, 4.69) is 22.8 Å². The summed E-state index contributed by atoms with van der Waals surface area (Å²) in [4.78, 5) is 11.7. The second-order valence-corrected chi connectivity index (χ2v) is 9.30. The summed E-state index contributed by atoms with van der Waals surface area (Å²) in [6.07, 6.45) is 9.00. The number of amides is 1. The first-order valence-corrected chi connectivity index (χ1v) is 11.5. The summed E-state index contributed by atoms with van der Waals surface area (Å²) in [6.45, 7) is 3.27. The molecule has 0 radical (unpaired) electrons. The summed E-state index contributed by atoms with van der Waals surface area (Å²) in [5, 5.41) is 17.1. The lowest BCUT2D eigenvalue weighted by atomic mass is 9.86. The number of aliphatic hydroxyl groups excluding tert-OH is 1. The fourth-order valence-electron chi connectivity index (χ4n) is 4.87. The minimum atomic E-state index is -0.904. The molecule has 1 aromatic rings. The molecule has 5 nitrogen and oxygen atoms in total. The summed E-state index contributed by atoms with van der Waals surface area (Å²) in [7, 11) is 0. The number of halogens is 2. The lowest BCUT2D eigenvalue weighted by molar-refractivity contribution is -0.120. The smallest absolute Gasteiger partial charge is 0.217 e. The number of carbonyl (C=O) groups is 1. The molecule has 3 N–H and O–H groups in total. The van der Waals surface area contributed by atoms with Crippen molar-refractivity contribution in [2.24, 2.45) is 5.92 Å². The van der Waals surface area contributed by atoms with Crippen LogP contribution in [0.5, 0.6) is 0 Å². The first kappa shape index (κ1) is 23.1. The number of rotatable bonds is 9. The number of carbonyl (C=O) groups excluding carboxylic acids is 1. The van der Waals surface area contributed by atoms with Crippen molar-refractivity contribution < 1.29 is 23.4 Å². The third kappa shape index (κ3) is 5.63. The predicted octanol–water partition coefficient (Wildman–Crippen LogP) is 3.18. The van der Waals surface area contributed by atoms with Gasteiger partial charge in [-0.25, -0.2) is 8.78 Å². The minimum absolute atomic E-state index is 0.137. The van der Waals surface area contributed by atoms with Crippen molar-refractivity contribution in [3.05, 3.63) is 58.7 Å². The van der Waals surface area contributed by atoms with Gasteiger partial charge in [-0.05, 0) is 61.8 Å². The van der Waals surface area contributed by atoms with Crippen molar-refractivity contribution >= 4 is 5.91 Å². The molecule has 32 heavy (non-hydrogen) atoms. The van der Waals surface area contributed by atoms with Gasteiger partial charge in [-0.2, -0.15) is 0 Å². The quantitative estimate of drug-likeness (QED) is 0.545. The molecule has 0 spiro atoms. The summed E-state index contributed by atoms with van der Waals surface area (Å²) < 4.78 is 32.7. The monoisotopic (exact) mass is 446 g/mol. The second kappa shape index (κ2) is 9.81. The summed E-state index contributed by atoms with van der Waals surface area (Å²) >= 11 is 0. The second-order valence-electron chi connectivity index (χ2n) is 9.30. The highest BCUT2D eigenvalue weighted by Gasteiger charge is 2.46. The molecule has 1 aromatic carbocycles. The van der Waals surface area contributed by atoms with Gasteiger partial charge in [0.25, 0.3) is 0 Å². The molecular weight excluding hydrogens is 414 g/mol. The van der Waals surface area contributed by atoms with Gasteiger partial charge in [0.05, 0.1) is 18.8 Å². The van der Waals surface area contributed by atoms with Crippen LogP contribution in [0.1, 0.15) is 44.6 Å². The van der Waals surface area contributed by atoms with Gasteiger partial charge in [0.15, 0.2) is 0 Å². The zero-order chi connectivity index (χ0) is 22.7. The van der Waals surface area contributed by atoms with Crippen LogP contribution in [0.25, 0.3) is 0 Å². The first-order chi connectivity index (χ1) is 15.3. The summed E-state index contributed by atoms with van der Waals surface area (Å²) in [6, 6.07) is 2.61. The Morgan fingerprint density at radius 3 is 2.66 bits per heavy atom. The Morgan fingerprint density at radius 2 is 2.03 bits per heavy atom. The third-order valence-corrected chi connectivity index (χ3v) is 6.78. The Bertz CT molecular complexity index is 884. The van der Waals surface area contributed by atoms with Gasteiger partial charge in [0.2, 0.25) is 5.91 Å². The number of aliphatic hydroxyl groups is 1. The Hall–Kier alpha value is -2.09. The summed E-state index contributed by atoms with van der Waals surface area (Å²) in [5.41, 5.74) is 2.99. The number of allylic oxidation sites excluding steroid dienone is 1. The van der Waals surface area contributed by atoms with E-state index in [0.29, 0.717) is 11.5 Å². The molecule has 2 fully saturated rings. The van der Waals surface area contributed by atoms with E-state index >= 15 is 0 Å². The summed E-state index contributed by atoms with van der Waals surface area (Å²) in [5.74, 6) is -1.14. The van der Waals surface area contributed by atoms with Crippen LogP contribution in [0.4, 0.5) is 8.78 Å². The molecule has 3 aliphatic rings. The van der Waals surface area contributed by atoms with Gasteiger partial charge in [-0.3, -0.25) is 4.79 Å². The highest BCUT2D eigenvalue weighted by Crippen LogP contribution is 2.45. The van der Waals surface area contributed by atoms with E-state index in [0.717, 1.165) is 51.4 Å². The van der Waals surface area contributed by atoms with E-state index in [1.807, 2.05) is 0 Å². The van der Waals surface area contributed by atoms with Crippen molar-refractivity contribution in [3.63, 3.8) is 0 Å². The van der Waals surface area contributed by atoms with Gasteiger partial charge in [-0.1, -0.05) is 17.7 Å². The number of benzene rings is 1. The van der Waals surface area contributed by atoms with E-state index in [1.165, 1.54) is 30.2 Å². The SMILES string of the molecule is CC(=O)NC(Cc1cc(F)cc(F)c1)C(O)CNC1(C2=CCCC(C3CCOC3)=C2)CC1. The molecule has 1 saturated heterocycles. The topological polar surface area (TPSA) is 70.6 Å². The molecule has 0 bridgehead atoms. The highest BCUT2D eigenvalue weighted by atomic mass is 19.1. The van der Waals surface area contributed by atoms with Crippen LogP contribution in [0.15, 0.2) is 41.5 Å².